The summed E-state index contributed by atoms with van der Waals surface area (Å²) in [6.07, 6.45) is 0.540. The van der Waals surface area contributed by atoms with Gasteiger partial charge in [0.15, 0.2) is 0 Å². The predicted octanol–water partition coefficient (Wildman–Crippen LogP) is 2.45. The van der Waals surface area contributed by atoms with Crippen molar-refractivity contribution >= 4 is 27.9 Å². The van der Waals surface area contributed by atoms with Gasteiger partial charge in [0, 0.05) is 6.42 Å². The van der Waals surface area contributed by atoms with Gasteiger partial charge < -0.3 is 9.47 Å². The van der Waals surface area contributed by atoms with Crippen molar-refractivity contribution in [1.29, 1.82) is 0 Å². The van der Waals surface area contributed by atoms with Crippen LogP contribution in [0.25, 0.3) is 0 Å². The largest absolute Gasteiger partial charge is 0.468 e. The molecule has 0 bridgehead atoms. The summed E-state index contributed by atoms with van der Waals surface area (Å²) in [5.74, 6) is -0.710. The minimum absolute atomic E-state index is 0.178. The molecule has 0 radical (unpaired) electrons. The number of hydrogen-bond donors (Lipinski definition) is 0. The highest BCUT2D eigenvalue weighted by Gasteiger charge is 2.17. The fraction of sp³-hybridized carbons (Fsp3) is 0.385. The van der Waals surface area contributed by atoms with E-state index in [0.717, 1.165) is 5.56 Å². The lowest BCUT2D eigenvalue weighted by molar-refractivity contribution is -0.145. The topological polar surface area (TPSA) is 52.6 Å². The molecular weight excluding hydrogens is 300 g/mol. The van der Waals surface area contributed by atoms with Crippen molar-refractivity contribution in [1.82, 2.24) is 0 Å². The number of alkyl halides is 1. The summed E-state index contributed by atoms with van der Waals surface area (Å²) < 4.78 is 9.62. The van der Waals surface area contributed by atoms with Crippen molar-refractivity contribution in [2.75, 3.05) is 7.11 Å². The third-order valence-corrected chi connectivity index (χ3v) is 3.13. The van der Waals surface area contributed by atoms with Gasteiger partial charge in [-0.2, -0.15) is 0 Å². The predicted molar refractivity (Wildman–Crippen MR) is 70.2 cm³/mol. The SMILES string of the molecule is COC(=O)[C@H](Br)CCC(=O)OCc1ccccc1. The molecule has 0 aliphatic rings. The van der Waals surface area contributed by atoms with Gasteiger partial charge in [0.25, 0.3) is 0 Å². The Morgan fingerprint density at radius 3 is 2.56 bits per heavy atom. The number of ether oxygens (including phenoxy) is 2. The van der Waals surface area contributed by atoms with E-state index in [9.17, 15) is 9.59 Å². The third-order valence-electron chi connectivity index (χ3n) is 2.30. The second-order valence-electron chi connectivity index (χ2n) is 3.68. The van der Waals surface area contributed by atoms with Crippen LogP contribution in [0, 0.1) is 0 Å². The van der Waals surface area contributed by atoms with Gasteiger partial charge in [-0.05, 0) is 12.0 Å². The van der Waals surface area contributed by atoms with Crippen molar-refractivity contribution in [3.05, 3.63) is 35.9 Å². The van der Waals surface area contributed by atoms with Crippen LogP contribution in [-0.4, -0.2) is 23.9 Å². The highest BCUT2D eigenvalue weighted by molar-refractivity contribution is 9.10. The van der Waals surface area contributed by atoms with E-state index in [0.29, 0.717) is 6.42 Å². The first kappa shape index (κ1) is 14.7. The van der Waals surface area contributed by atoms with Crippen molar-refractivity contribution < 1.29 is 19.1 Å². The Bertz CT molecular complexity index is 391. The molecule has 0 aliphatic carbocycles. The lowest BCUT2D eigenvalue weighted by Gasteiger charge is -2.07. The van der Waals surface area contributed by atoms with Gasteiger partial charge >= 0.3 is 11.9 Å². The number of halogens is 1. The number of hydrogen-bond acceptors (Lipinski definition) is 4. The molecule has 1 atom stereocenters. The van der Waals surface area contributed by atoms with Crippen LogP contribution in [0.1, 0.15) is 18.4 Å². The quantitative estimate of drug-likeness (QED) is 0.598. The first-order valence-electron chi connectivity index (χ1n) is 5.55. The van der Waals surface area contributed by atoms with Crippen LogP contribution in [0.15, 0.2) is 30.3 Å². The van der Waals surface area contributed by atoms with E-state index in [1.165, 1.54) is 7.11 Å². The van der Waals surface area contributed by atoms with Gasteiger partial charge in [0.05, 0.1) is 7.11 Å². The van der Waals surface area contributed by atoms with Crippen LogP contribution in [0.4, 0.5) is 0 Å². The van der Waals surface area contributed by atoms with Crippen LogP contribution in [0.2, 0.25) is 0 Å². The molecule has 4 nitrogen and oxygen atoms in total. The molecule has 0 fully saturated rings. The van der Waals surface area contributed by atoms with Crippen LogP contribution in [0.5, 0.6) is 0 Å². The molecule has 0 saturated carbocycles. The van der Waals surface area contributed by atoms with Crippen LogP contribution >= 0.6 is 15.9 Å². The molecule has 98 valence electrons. The van der Waals surface area contributed by atoms with Gasteiger partial charge in [-0.3, -0.25) is 9.59 Å². The smallest absolute Gasteiger partial charge is 0.319 e. The van der Waals surface area contributed by atoms with E-state index in [2.05, 4.69) is 20.7 Å². The minimum atomic E-state index is -0.466. The number of carbonyl (C=O) groups is 2. The lowest BCUT2D eigenvalue weighted by Crippen LogP contribution is -2.17. The van der Waals surface area contributed by atoms with E-state index in [4.69, 9.17) is 4.74 Å². The van der Waals surface area contributed by atoms with Gasteiger partial charge in [0.2, 0.25) is 0 Å². The maximum Gasteiger partial charge on any atom is 0.319 e. The van der Waals surface area contributed by atoms with E-state index in [1.807, 2.05) is 30.3 Å². The highest BCUT2D eigenvalue weighted by Crippen LogP contribution is 2.11. The molecular formula is C13H15BrO4. The molecule has 0 amide bonds. The molecule has 0 N–H and O–H groups in total. The molecule has 0 spiro atoms. The molecule has 1 aromatic rings. The van der Waals surface area contributed by atoms with Crippen LogP contribution < -0.4 is 0 Å². The number of methoxy groups -OCH3 is 1. The first-order chi connectivity index (χ1) is 8.63. The molecule has 0 heterocycles. The van der Waals surface area contributed by atoms with Crippen molar-refractivity contribution in [2.24, 2.45) is 0 Å². The molecule has 1 rings (SSSR count). The van der Waals surface area contributed by atoms with E-state index < -0.39 is 4.83 Å². The Morgan fingerprint density at radius 1 is 1.28 bits per heavy atom. The Hall–Kier alpha value is -1.36. The fourth-order valence-electron chi connectivity index (χ4n) is 1.30. The number of carbonyl (C=O) groups excluding carboxylic acids is 2. The Labute approximate surface area is 114 Å². The average molecular weight is 315 g/mol. The molecule has 18 heavy (non-hydrogen) atoms. The zero-order chi connectivity index (χ0) is 13.4. The molecule has 5 heteroatoms. The number of rotatable bonds is 6. The average Bonchev–Trinajstić information content (AvgIpc) is 2.42. The van der Waals surface area contributed by atoms with Gasteiger partial charge in [-0.1, -0.05) is 46.3 Å². The summed E-state index contributed by atoms with van der Waals surface area (Å²) in [6.45, 7) is 0.255. The maximum atomic E-state index is 11.4. The minimum Gasteiger partial charge on any atom is -0.468 e. The molecule has 0 aliphatic heterocycles. The second kappa shape index (κ2) is 7.87. The third kappa shape index (κ3) is 5.31. The zero-order valence-corrected chi connectivity index (χ0v) is 11.7. The normalized spacial score (nSPS) is 11.7. The summed E-state index contributed by atoms with van der Waals surface area (Å²) in [6, 6.07) is 9.44. The Morgan fingerprint density at radius 2 is 1.94 bits per heavy atom. The van der Waals surface area contributed by atoms with Gasteiger partial charge in [-0.25, -0.2) is 0 Å². The molecule has 0 aromatic heterocycles. The molecule has 0 saturated heterocycles. The monoisotopic (exact) mass is 314 g/mol. The van der Waals surface area contributed by atoms with E-state index >= 15 is 0 Å². The highest BCUT2D eigenvalue weighted by atomic mass is 79.9. The first-order valence-corrected chi connectivity index (χ1v) is 6.46. The van der Waals surface area contributed by atoms with Crippen molar-refractivity contribution in [3.8, 4) is 0 Å². The van der Waals surface area contributed by atoms with E-state index in [-0.39, 0.29) is 25.0 Å². The Kier molecular flexibility index (Phi) is 6.43. The standard InChI is InChI=1S/C13H15BrO4/c1-17-13(16)11(14)7-8-12(15)18-9-10-5-3-2-4-6-10/h2-6,11H,7-9H2,1H3/t11-/m1/s1. The van der Waals surface area contributed by atoms with E-state index in [1.54, 1.807) is 0 Å². The summed E-state index contributed by atoms with van der Waals surface area (Å²) >= 11 is 3.15. The lowest BCUT2D eigenvalue weighted by atomic mass is 10.2. The van der Waals surface area contributed by atoms with Crippen LogP contribution in [0.3, 0.4) is 0 Å². The number of benzene rings is 1. The summed E-state index contributed by atoms with van der Waals surface area (Å²) in [5, 5.41) is 0. The van der Waals surface area contributed by atoms with Crippen LogP contribution in [-0.2, 0) is 25.7 Å². The molecule has 1 aromatic carbocycles. The van der Waals surface area contributed by atoms with Crippen molar-refractivity contribution in [2.45, 2.75) is 24.3 Å². The fourth-order valence-corrected chi connectivity index (χ4v) is 1.72. The summed E-state index contributed by atoms with van der Waals surface area (Å²) in [4.78, 5) is 22.1. The number of esters is 2. The molecule has 0 unspecified atom stereocenters. The maximum absolute atomic E-state index is 11.4. The summed E-state index contributed by atoms with van der Waals surface area (Å²) in [7, 11) is 1.31. The second-order valence-corrected chi connectivity index (χ2v) is 4.78. The van der Waals surface area contributed by atoms with Gasteiger partial charge in [0.1, 0.15) is 11.4 Å². The zero-order valence-electron chi connectivity index (χ0n) is 10.1. The van der Waals surface area contributed by atoms with Gasteiger partial charge in [-0.15, -0.1) is 0 Å². The Balaban J connectivity index is 2.24. The summed E-state index contributed by atoms with van der Waals surface area (Å²) in [5.41, 5.74) is 0.939. The van der Waals surface area contributed by atoms with Crippen molar-refractivity contribution in [3.63, 3.8) is 0 Å².